The van der Waals surface area contributed by atoms with E-state index in [2.05, 4.69) is 10.9 Å². The predicted molar refractivity (Wildman–Crippen MR) is 79.5 cm³/mol. The summed E-state index contributed by atoms with van der Waals surface area (Å²) in [5.74, 6) is 1.13. The topological polar surface area (TPSA) is 96.0 Å². The molecule has 0 bridgehead atoms. The third kappa shape index (κ3) is 1.77. The zero-order valence-electron chi connectivity index (χ0n) is 10.8. The Morgan fingerprint density at radius 2 is 2.19 bits per heavy atom. The average molecular weight is 301 g/mol. The fourth-order valence-electron chi connectivity index (χ4n) is 2.59. The maximum Gasteiger partial charge on any atom is 0.266 e. The Morgan fingerprint density at radius 1 is 1.48 bits per heavy atom. The smallest absolute Gasteiger partial charge is 0.266 e. The number of para-hydroxylation sites is 1. The van der Waals surface area contributed by atoms with Crippen LogP contribution in [0.5, 0.6) is 0 Å². The summed E-state index contributed by atoms with van der Waals surface area (Å²) in [6.07, 6.45) is 5.28. The van der Waals surface area contributed by atoms with Crippen LogP contribution in [0.25, 0.3) is 0 Å². The molecule has 0 saturated heterocycles. The van der Waals surface area contributed by atoms with Gasteiger partial charge in [0.15, 0.2) is 10.8 Å². The first-order chi connectivity index (χ1) is 10.00. The van der Waals surface area contributed by atoms with Crippen molar-refractivity contribution in [1.29, 1.82) is 0 Å². The quantitative estimate of drug-likeness (QED) is 0.738. The van der Waals surface area contributed by atoms with Gasteiger partial charge in [0.1, 0.15) is 5.25 Å². The third-order valence-electron chi connectivity index (χ3n) is 3.49. The number of fused-ring (bicyclic) bond motifs is 1. The number of benzene rings is 1. The summed E-state index contributed by atoms with van der Waals surface area (Å²) >= 11 is 0.886. The minimum absolute atomic E-state index is 0.0140. The number of thioether (sulfide) groups is 1. The Morgan fingerprint density at radius 3 is 2.81 bits per heavy atom. The highest BCUT2D eigenvalue weighted by atomic mass is 32.2. The van der Waals surface area contributed by atoms with E-state index in [1.165, 1.54) is 4.90 Å². The zero-order chi connectivity index (χ0) is 15.2. The van der Waals surface area contributed by atoms with Crippen LogP contribution in [0.15, 0.2) is 29.3 Å². The van der Waals surface area contributed by atoms with E-state index in [9.17, 15) is 14.7 Å². The van der Waals surface area contributed by atoms with Gasteiger partial charge < -0.3 is 10.8 Å². The molecule has 0 saturated carbocycles. The van der Waals surface area contributed by atoms with E-state index < -0.39 is 22.7 Å². The van der Waals surface area contributed by atoms with Crippen LogP contribution in [-0.4, -0.2) is 33.9 Å². The van der Waals surface area contributed by atoms with Gasteiger partial charge in [0, 0.05) is 5.56 Å². The number of nitrogens with zero attached hydrogens (tertiary/aromatic N) is 2. The standard InChI is InChI=1S/C14H11N3O3S/c1-2-7-17-9-6-4-3-5-8(9)14(20,12(17)19)10-11(18)16-13(15)21-10/h1,3-6,10,20H,7H2,(H2,15,16,18)/t10-,14+/m1/s1. The molecule has 2 aliphatic heterocycles. The van der Waals surface area contributed by atoms with Crippen LogP contribution >= 0.6 is 11.8 Å². The Labute approximate surface area is 125 Å². The number of amidine groups is 1. The van der Waals surface area contributed by atoms with Crippen LogP contribution < -0.4 is 10.6 Å². The SMILES string of the molecule is C#CCN1C(=O)[C@@](O)([C@@H]2SC(N)=NC2=O)c2ccccc21. The van der Waals surface area contributed by atoms with Crippen molar-refractivity contribution in [2.24, 2.45) is 10.7 Å². The zero-order valence-corrected chi connectivity index (χ0v) is 11.6. The Bertz CT molecular complexity index is 724. The molecule has 7 heteroatoms. The molecule has 0 aromatic heterocycles. The van der Waals surface area contributed by atoms with Crippen molar-refractivity contribution in [3.63, 3.8) is 0 Å². The van der Waals surface area contributed by atoms with Crippen LogP contribution in [0.4, 0.5) is 5.69 Å². The van der Waals surface area contributed by atoms with Gasteiger partial charge in [-0.3, -0.25) is 14.5 Å². The maximum absolute atomic E-state index is 12.6. The van der Waals surface area contributed by atoms with Crippen molar-refractivity contribution in [3.05, 3.63) is 29.8 Å². The first-order valence-electron chi connectivity index (χ1n) is 6.12. The number of anilines is 1. The van der Waals surface area contributed by atoms with E-state index in [4.69, 9.17) is 12.2 Å². The second kappa shape index (κ2) is 4.62. The Balaban J connectivity index is 2.13. The fourth-order valence-corrected chi connectivity index (χ4v) is 3.53. The highest BCUT2D eigenvalue weighted by Crippen LogP contribution is 2.47. The normalized spacial score (nSPS) is 27.5. The van der Waals surface area contributed by atoms with Crippen molar-refractivity contribution < 1.29 is 14.7 Å². The molecule has 3 N–H and O–H groups in total. The minimum Gasteiger partial charge on any atom is -0.378 e. The molecule has 0 aliphatic carbocycles. The summed E-state index contributed by atoms with van der Waals surface area (Å²) in [5, 5.41) is 9.92. The van der Waals surface area contributed by atoms with Crippen molar-refractivity contribution in [3.8, 4) is 12.3 Å². The van der Waals surface area contributed by atoms with Gasteiger partial charge in [0.25, 0.3) is 11.8 Å². The monoisotopic (exact) mass is 301 g/mol. The molecule has 2 atom stereocenters. The molecule has 21 heavy (non-hydrogen) atoms. The highest BCUT2D eigenvalue weighted by molar-refractivity contribution is 8.15. The summed E-state index contributed by atoms with van der Waals surface area (Å²) < 4.78 is 0. The second-order valence-electron chi connectivity index (χ2n) is 4.67. The van der Waals surface area contributed by atoms with E-state index >= 15 is 0 Å². The van der Waals surface area contributed by atoms with Gasteiger partial charge in [-0.05, 0) is 6.07 Å². The molecule has 2 amide bonds. The van der Waals surface area contributed by atoms with Crippen molar-refractivity contribution in [2.45, 2.75) is 10.9 Å². The lowest BCUT2D eigenvalue weighted by Gasteiger charge is -2.26. The lowest BCUT2D eigenvalue weighted by Crippen LogP contribution is -2.49. The van der Waals surface area contributed by atoms with Gasteiger partial charge in [0.2, 0.25) is 0 Å². The lowest BCUT2D eigenvalue weighted by atomic mass is 9.91. The number of amides is 2. The summed E-state index contributed by atoms with van der Waals surface area (Å²) in [6.45, 7) is 0.0140. The molecule has 0 spiro atoms. The first kappa shape index (κ1) is 13.7. The van der Waals surface area contributed by atoms with E-state index in [1.807, 2.05) is 0 Å². The molecule has 1 aromatic carbocycles. The average Bonchev–Trinajstić information content (AvgIpc) is 2.91. The van der Waals surface area contributed by atoms with Gasteiger partial charge in [-0.15, -0.1) is 6.42 Å². The first-order valence-corrected chi connectivity index (χ1v) is 7.00. The largest absolute Gasteiger partial charge is 0.378 e. The van der Waals surface area contributed by atoms with Gasteiger partial charge in [-0.1, -0.05) is 35.9 Å². The fraction of sp³-hybridized carbons (Fsp3) is 0.214. The molecule has 2 aliphatic rings. The Hall–Kier alpha value is -2.30. The van der Waals surface area contributed by atoms with Gasteiger partial charge in [-0.2, -0.15) is 4.99 Å². The molecule has 1 aromatic rings. The lowest BCUT2D eigenvalue weighted by molar-refractivity contribution is -0.140. The van der Waals surface area contributed by atoms with Crippen molar-refractivity contribution >= 4 is 34.4 Å². The Kier molecular flexibility index (Phi) is 3.01. The van der Waals surface area contributed by atoms with E-state index in [0.717, 1.165) is 11.8 Å². The van der Waals surface area contributed by atoms with Crippen LogP contribution in [0.3, 0.4) is 0 Å². The molecule has 3 rings (SSSR count). The molecule has 0 fully saturated rings. The van der Waals surface area contributed by atoms with Crippen LogP contribution in [-0.2, 0) is 15.2 Å². The molecule has 2 heterocycles. The summed E-state index contributed by atoms with van der Waals surface area (Å²) in [6, 6.07) is 6.70. The number of nitrogens with two attached hydrogens (primary N) is 1. The van der Waals surface area contributed by atoms with Crippen molar-refractivity contribution in [1.82, 2.24) is 0 Å². The summed E-state index contributed by atoms with van der Waals surface area (Å²) in [4.78, 5) is 29.4. The number of carbonyl (C=O) groups excluding carboxylic acids is 2. The van der Waals surface area contributed by atoms with Crippen molar-refractivity contribution in [2.75, 3.05) is 11.4 Å². The van der Waals surface area contributed by atoms with Crippen LogP contribution in [0, 0.1) is 12.3 Å². The summed E-state index contributed by atoms with van der Waals surface area (Å²) in [7, 11) is 0. The van der Waals surface area contributed by atoms with Gasteiger partial charge in [-0.25, -0.2) is 0 Å². The predicted octanol–water partition coefficient (Wildman–Crippen LogP) is -0.189. The molecule has 0 unspecified atom stereocenters. The van der Waals surface area contributed by atoms with Crippen LogP contribution in [0.2, 0.25) is 0 Å². The number of aliphatic hydroxyl groups is 1. The number of terminal acetylenes is 1. The number of hydrogen-bond acceptors (Lipinski definition) is 5. The van der Waals surface area contributed by atoms with Gasteiger partial charge >= 0.3 is 0 Å². The second-order valence-corrected chi connectivity index (χ2v) is 5.79. The number of carbonyl (C=O) groups is 2. The maximum atomic E-state index is 12.6. The van der Waals surface area contributed by atoms with Crippen LogP contribution in [0.1, 0.15) is 5.56 Å². The van der Waals surface area contributed by atoms with Gasteiger partial charge in [0.05, 0.1) is 12.2 Å². The minimum atomic E-state index is -2.00. The number of rotatable bonds is 2. The highest BCUT2D eigenvalue weighted by Gasteiger charge is 2.58. The molecule has 0 radical (unpaired) electrons. The van der Waals surface area contributed by atoms with E-state index in [1.54, 1.807) is 24.3 Å². The number of aliphatic imine (C=N–C) groups is 1. The molecule has 106 valence electrons. The molecular weight excluding hydrogens is 290 g/mol. The van der Waals surface area contributed by atoms with E-state index in [0.29, 0.717) is 11.3 Å². The molecule has 6 nitrogen and oxygen atoms in total. The van der Waals surface area contributed by atoms with E-state index in [-0.39, 0.29) is 11.7 Å². The third-order valence-corrected chi connectivity index (χ3v) is 4.60. The summed E-state index contributed by atoms with van der Waals surface area (Å²) in [5.41, 5.74) is 4.37. The number of hydrogen-bond donors (Lipinski definition) is 2. The molecular formula is C14H11N3O3S.